The van der Waals surface area contributed by atoms with Crippen molar-refractivity contribution in [1.29, 1.82) is 0 Å². The summed E-state index contributed by atoms with van der Waals surface area (Å²) < 4.78 is 11.1. The Labute approximate surface area is 115 Å². The molecule has 2 rings (SSSR count). The second-order valence-electron chi connectivity index (χ2n) is 5.34. The third-order valence-electron chi connectivity index (χ3n) is 3.92. The van der Waals surface area contributed by atoms with E-state index >= 15 is 0 Å². The average Bonchev–Trinajstić information content (AvgIpc) is 2.85. The zero-order valence-corrected chi connectivity index (χ0v) is 11.9. The number of hydrogen-bond donors (Lipinski definition) is 1. The molecule has 1 aliphatic rings. The smallest absolute Gasteiger partial charge is 0.122 e. The zero-order chi connectivity index (χ0) is 13.7. The van der Waals surface area contributed by atoms with Gasteiger partial charge in [0.05, 0.1) is 26.0 Å². The van der Waals surface area contributed by atoms with Gasteiger partial charge in [-0.05, 0) is 38.1 Å². The van der Waals surface area contributed by atoms with Crippen molar-refractivity contribution in [3.8, 4) is 5.75 Å². The molecule has 0 radical (unpaired) electrons. The van der Waals surface area contributed by atoms with Gasteiger partial charge in [0.15, 0.2) is 0 Å². The van der Waals surface area contributed by atoms with Crippen LogP contribution in [0.3, 0.4) is 0 Å². The van der Waals surface area contributed by atoms with Gasteiger partial charge in [-0.1, -0.05) is 6.42 Å². The van der Waals surface area contributed by atoms with Crippen molar-refractivity contribution in [2.75, 3.05) is 20.3 Å². The van der Waals surface area contributed by atoms with Crippen LogP contribution < -0.4 is 10.5 Å². The van der Waals surface area contributed by atoms with Gasteiger partial charge in [0.1, 0.15) is 5.75 Å². The number of ether oxygens (including phenoxy) is 2. The van der Waals surface area contributed by atoms with Crippen LogP contribution in [-0.2, 0) is 11.3 Å². The van der Waals surface area contributed by atoms with Crippen LogP contribution in [0.15, 0.2) is 12.1 Å². The summed E-state index contributed by atoms with van der Waals surface area (Å²) in [7, 11) is 1.67. The first kappa shape index (κ1) is 14.3. The van der Waals surface area contributed by atoms with Gasteiger partial charge in [-0.3, -0.25) is 4.98 Å². The molecule has 0 spiro atoms. The minimum atomic E-state index is 0.547. The fourth-order valence-corrected chi connectivity index (χ4v) is 2.85. The van der Waals surface area contributed by atoms with Gasteiger partial charge in [0, 0.05) is 17.8 Å². The molecule has 4 heteroatoms. The van der Waals surface area contributed by atoms with Crippen molar-refractivity contribution in [2.45, 2.75) is 32.8 Å². The normalized spacial score (nSPS) is 22.7. The molecule has 106 valence electrons. The third kappa shape index (κ3) is 3.91. The van der Waals surface area contributed by atoms with E-state index in [2.05, 4.69) is 4.98 Å². The Hall–Kier alpha value is -1.13. The Balaban J connectivity index is 1.83. The first-order valence-corrected chi connectivity index (χ1v) is 7.02. The van der Waals surface area contributed by atoms with E-state index < -0.39 is 0 Å². The molecule has 2 N–H and O–H groups in total. The predicted molar refractivity (Wildman–Crippen MR) is 75.1 cm³/mol. The topological polar surface area (TPSA) is 57.4 Å². The van der Waals surface area contributed by atoms with Crippen LogP contribution >= 0.6 is 0 Å². The van der Waals surface area contributed by atoms with E-state index in [4.69, 9.17) is 15.2 Å². The summed E-state index contributed by atoms with van der Waals surface area (Å²) in [6.45, 7) is 4.09. The lowest BCUT2D eigenvalue weighted by molar-refractivity contribution is 0.0732. The zero-order valence-electron chi connectivity index (χ0n) is 11.9. The maximum Gasteiger partial charge on any atom is 0.122 e. The average molecular weight is 264 g/mol. The van der Waals surface area contributed by atoms with Gasteiger partial charge < -0.3 is 15.2 Å². The number of rotatable bonds is 6. The predicted octanol–water partition coefficient (Wildman–Crippen LogP) is 2.29. The second-order valence-corrected chi connectivity index (χ2v) is 5.34. The summed E-state index contributed by atoms with van der Waals surface area (Å²) in [6, 6.07) is 3.85. The molecule has 1 fully saturated rings. The summed E-state index contributed by atoms with van der Waals surface area (Å²) in [5, 5.41) is 0. The highest BCUT2D eigenvalue weighted by molar-refractivity contribution is 5.26. The molecule has 19 heavy (non-hydrogen) atoms. The SMILES string of the molecule is COc1cc(C)nc(COCC2CCCC2CN)c1. The molecule has 2 unspecified atom stereocenters. The monoisotopic (exact) mass is 264 g/mol. The lowest BCUT2D eigenvalue weighted by Crippen LogP contribution is -2.22. The molecule has 1 saturated carbocycles. The summed E-state index contributed by atoms with van der Waals surface area (Å²) in [4.78, 5) is 4.46. The summed E-state index contributed by atoms with van der Waals surface area (Å²) in [6.07, 6.45) is 3.78. The number of hydrogen-bond acceptors (Lipinski definition) is 4. The van der Waals surface area contributed by atoms with Gasteiger partial charge in [0.2, 0.25) is 0 Å². The minimum absolute atomic E-state index is 0.547. The third-order valence-corrected chi connectivity index (χ3v) is 3.92. The van der Waals surface area contributed by atoms with Crippen molar-refractivity contribution in [3.63, 3.8) is 0 Å². The van der Waals surface area contributed by atoms with E-state index in [0.29, 0.717) is 18.4 Å². The Morgan fingerprint density at radius 3 is 2.84 bits per heavy atom. The molecule has 2 atom stereocenters. The lowest BCUT2D eigenvalue weighted by Gasteiger charge is -2.17. The summed E-state index contributed by atoms with van der Waals surface area (Å²) in [5.74, 6) is 2.10. The molecule has 0 aliphatic heterocycles. The Kier molecular flexibility index (Phi) is 5.16. The van der Waals surface area contributed by atoms with Gasteiger partial charge in [0.25, 0.3) is 0 Å². The Bertz CT molecular complexity index is 409. The van der Waals surface area contributed by atoms with Crippen molar-refractivity contribution in [3.05, 3.63) is 23.5 Å². The van der Waals surface area contributed by atoms with Gasteiger partial charge >= 0.3 is 0 Å². The van der Waals surface area contributed by atoms with Gasteiger partial charge in [-0.15, -0.1) is 0 Å². The quantitative estimate of drug-likeness (QED) is 0.856. The van der Waals surface area contributed by atoms with Gasteiger partial charge in [-0.2, -0.15) is 0 Å². The number of nitrogens with two attached hydrogens (primary N) is 1. The highest BCUT2D eigenvalue weighted by atomic mass is 16.5. The van der Waals surface area contributed by atoms with Gasteiger partial charge in [-0.25, -0.2) is 0 Å². The number of pyridine rings is 1. The molecule has 1 heterocycles. The van der Waals surface area contributed by atoms with Crippen LogP contribution in [0.2, 0.25) is 0 Å². The number of nitrogens with zero attached hydrogens (tertiary/aromatic N) is 1. The lowest BCUT2D eigenvalue weighted by atomic mass is 9.97. The molecule has 1 aromatic heterocycles. The van der Waals surface area contributed by atoms with Crippen molar-refractivity contribution in [2.24, 2.45) is 17.6 Å². The van der Waals surface area contributed by atoms with E-state index in [1.54, 1.807) is 7.11 Å². The molecule has 4 nitrogen and oxygen atoms in total. The molecule has 0 aromatic carbocycles. The molecular weight excluding hydrogens is 240 g/mol. The summed E-state index contributed by atoms with van der Waals surface area (Å²) >= 11 is 0. The highest BCUT2D eigenvalue weighted by Crippen LogP contribution is 2.31. The van der Waals surface area contributed by atoms with Crippen molar-refractivity contribution in [1.82, 2.24) is 4.98 Å². The largest absolute Gasteiger partial charge is 0.497 e. The first-order valence-electron chi connectivity index (χ1n) is 7.02. The molecule has 0 saturated heterocycles. The molecular formula is C15H24N2O2. The molecule has 1 aliphatic carbocycles. The minimum Gasteiger partial charge on any atom is -0.497 e. The van der Waals surface area contributed by atoms with E-state index in [1.807, 2.05) is 19.1 Å². The van der Waals surface area contributed by atoms with Crippen LogP contribution in [0.25, 0.3) is 0 Å². The Morgan fingerprint density at radius 2 is 2.11 bits per heavy atom. The van der Waals surface area contributed by atoms with Crippen LogP contribution in [-0.4, -0.2) is 25.2 Å². The molecule has 0 amide bonds. The van der Waals surface area contributed by atoms with E-state index in [9.17, 15) is 0 Å². The maximum absolute atomic E-state index is 5.82. The maximum atomic E-state index is 5.82. The van der Waals surface area contributed by atoms with Crippen LogP contribution in [0.1, 0.15) is 30.7 Å². The van der Waals surface area contributed by atoms with Crippen LogP contribution in [0.4, 0.5) is 0 Å². The fraction of sp³-hybridized carbons (Fsp3) is 0.667. The van der Waals surface area contributed by atoms with Crippen molar-refractivity contribution >= 4 is 0 Å². The molecule has 0 bridgehead atoms. The first-order chi connectivity index (χ1) is 9.22. The fourth-order valence-electron chi connectivity index (χ4n) is 2.85. The highest BCUT2D eigenvalue weighted by Gasteiger charge is 2.25. The molecule has 1 aromatic rings. The van der Waals surface area contributed by atoms with Crippen molar-refractivity contribution < 1.29 is 9.47 Å². The number of methoxy groups -OCH3 is 1. The number of aromatic nitrogens is 1. The van der Waals surface area contributed by atoms with E-state index in [1.165, 1.54) is 19.3 Å². The van der Waals surface area contributed by atoms with Crippen LogP contribution in [0, 0.1) is 18.8 Å². The Morgan fingerprint density at radius 1 is 1.32 bits per heavy atom. The summed E-state index contributed by atoms with van der Waals surface area (Å²) in [5.41, 5.74) is 7.67. The van der Waals surface area contributed by atoms with E-state index in [-0.39, 0.29) is 0 Å². The van der Waals surface area contributed by atoms with E-state index in [0.717, 1.165) is 30.3 Å². The second kappa shape index (κ2) is 6.87. The number of aryl methyl sites for hydroxylation is 1. The standard InChI is InChI=1S/C15H24N2O2/c1-11-6-15(18-2)7-14(17-11)10-19-9-13-5-3-4-12(13)8-16/h6-7,12-13H,3-5,8-10,16H2,1-2H3. The van der Waals surface area contributed by atoms with Crippen LogP contribution in [0.5, 0.6) is 5.75 Å².